The quantitative estimate of drug-likeness (QED) is 0.317. The van der Waals surface area contributed by atoms with Gasteiger partial charge in [-0.15, -0.1) is 0 Å². The monoisotopic (exact) mass is 491 g/mol. The van der Waals surface area contributed by atoms with Crippen LogP contribution < -0.4 is 14.2 Å². The fraction of sp³-hybridized carbons (Fsp3) is 0.214. The Labute approximate surface area is 206 Å². The number of hydrogen-bond acceptors (Lipinski definition) is 5. The maximum Gasteiger partial charge on any atom is 0.261 e. The summed E-state index contributed by atoms with van der Waals surface area (Å²) in [5.41, 5.74) is 4.07. The minimum Gasteiger partial charge on any atom is -0.493 e. The van der Waals surface area contributed by atoms with Gasteiger partial charge >= 0.3 is 0 Å². The molecule has 0 saturated carbocycles. The molecule has 35 heavy (non-hydrogen) atoms. The third-order valence-corrected chi connectivity index (χ3v) is 7.24. The molecular formula is C28H29NO5S. The number of sulfonamides is 1. The highest BCUT2D eigenvalue weighted by atomic mass is 32.2. The first-order valence-corrected chi connectivity index (χ1v) is 12.7. The Hall–Kier alpha value is -3.71. The van der Waals surface area contributed by atoms with Crippen molar-refractivity contribution < 1.29 is 22.3 Å². The molecule has 1 N–H and O–H groups in total. The lowest BCUT2D eigenvalue weighted by Crippen LogP contribution is -2.16. The van der Waals surface area contributed by atoms with Gasteiger partial charge in [0.15, 0.2) is 11.5 Å². The van der Waals surface area contributed by atoms with Crippen molar-refractivity contribution in [2.24, 2.45) is 0 Å². The Kier molecular flexibility index (Phi) is 6.89. The zero-order valence-electron chi connectivity index (χ0n) is 20.5. The van der Waals surface area contributed by atoms with Crippen molar-refractivity contribution in [3.8, 4) is 11.5 Å². The van der Waals surface area contributed by atoms with Crippen molar-refractivity contribution in [3.63, 3.8) is 0 Å². The molecule has 4 aromatic rings. The Balaban J connectivity index is 1.94. The lowest BCUT2D eigenvalue weighted by molar-refractivity contribution is 0.354. The summed E-state index contributed by atoms with van der Waals surface area (Å²) in [5.74, 6) is 1.97. The number of ether oxygens (including phenoxy) is 2. The van der Waals surface area contributed by atoms with Crippen LogP contribution in [0.5, 0.6) is 11.5 Å². The van der Waals surface area contributed by atoms with Gasteiger partial charge in [-0.2, -0.15) is 0 Å². The summed E-state index contributed by atoms with van der Waals surface area (Å²) in [6, 6.07) is 22.0. The number of methoxy groups -OCH3 is 2. The van der Waals surface area contributed by atoms with Crippen LogP contribution in [0.15, 0.2) is 82.1 Å². The van der Waals surface area contributed by atoms with Crippen molar-refractivity contribution in [3.05, 3.63) is 107 Å². The molecule has 1 atom stereocenters. The Morgan fingerprint density at radius 1 is 0.800 bits per heavy atom. The van der Waals surface area contributed by atoms with E-state index in [2.05, 4.69) is 10.8 Å². The molecule has 3 aromatic carbocycles. The maximum absolute atomic E-state index is 13.4. The zero-order valence-corrected chi connectivity index (χ0v) is 21.3. The maximum atomic E-state index is 13.4. The molecule has 6 nitrogen and oxygen atoms in total. The van der Waals surface area contributed by atoms with E-state index in [0.717, 1.165) is 22.5 Å². The van der Waals surface area contributed by atoms with Crippen LogP contribution in [0.4, 0.5) is 5.69 Å². The van der Waals surface area contributed by atoms with E-state index in [1.54, 1.807) is 43.5 Å². The molecule has 7 heteroatoms. The number of anilines is 1. The van der Waals surface area contributed by atoms with Gasteiger partial charge in [-0.25, -0.2) is 8.42 Å². The summed E-state index contributed by atoms with van der Waals surface area (Å²) in [6.07, 6.45) is 0. The Morgan fingerprint density at radius 3 is 2.09 bits per heavy atom. The first-order valence-electron chi connectivity index (χ1n) is 11.2. The average molecular weight is 492 g/mol. The largest absolute Gasteiger partial charge is 0.493 e. The highest BCUT2D eigenvalue weighted by molar-refractivity contribution is 7.92. The van der Waals surface area contributed by atoms with Crippen molar-refractivity contribution in [2.45, 2.75) is 31.6 Å². The number of rotatable bonds is 8. The molecule has 1 aromatic heterocycles. The smallest absolute Gasteiger partial charge is 0.261 e. The van der Waals surface area contributed by atoms with Gasteiger partial charge < -0.3 is 13.9 Å². The van der Waals surface area contributed by atoms with E-state index in [0.29, 0.717) is 28.5 Å². The van der Waals surface area contributed by atoms with E-state index in [1.165, 1.54) is 7.11 Å². The van der Waals surface area contributed by atoms with Crippen LogP contribution in [0.3, 0.4) is 0 Å². The fourth-order valence-electron chi connectivity index (χ4n) is 4.10. The van der Waals surface area contributed by atoms with Crippen LogP contribution in [0.1, 0.15) is 39.7 Å². The van der Waals surface area contributed by atoms with Crippen LogP contribution in [-0.4, -0.2) is 22.6 Å². The van der Waals surface area contributed by atoms with Crippen LogP contribution in [0.25, 0.3) is 0 Å². The minimum atomic E-state index is -3.87. The topological polar surface area (TPSA) is 77.8 Å². The van der Waals surface area contributed by atoms with Gasteiger partial charge in [-0.1, -0.05) is 47.5 Å². The van der Waals surface area contributed by atoms with Crippen LogP contribution in [0.2, 0.25) is 0 Å². The summed E-state index contributed by atoms with van der Waals surface area (Å²) >= 11 is 0. The predicted octanol–water partition coefficient (Wildman–Crippen LogP) is 6.20. The highest BCUT2D eigenvalue weighted by Gasteiger charge is 2.27. The second-order valence-electron chi connectivity index (χ2n) is 8.51. The van der Waals surface area contributed by atoms with E-state index in [9.17, 15) is 8.42 Å². The van der Waals surface area contributed by atoms with E-state index in [1.807, 2.05) is 51.1 Å². The second kappa shape index (κ2) is 9.88. The first-order chi connectivity index (χ1) is 16.7. The number of benzene rings is 3. The van der Waals surface area contributed by atoms with Gasteiger partial charge in [0.25, 0.3) is 10.0 Å². The fourth-order valence-corrected chi connectivity index (χ4v) is 5.18. The minimum absolute atomic E-state index is 0.171. The standard InChI is InChI=1S/C28H29NO5S/c1-18-9-12-22(13-10-18)35(30,31)29-24-17-27(33-5)26(32-4)16-23(24)28(25-14-11-20(3)34-25)21-8-6-7-19(2)15-21/h6-17,28-29H,1-5H3/t28-/m0/s1. The Morgan fingerprint density at radius 2 is 1.49 bits per heavy atom. The molecule has 0 amide bonds. The van der Waals surface area contributed by atoms with E-state index < -0.39 is 10.0 Å². The number of furan rings is 1. The summed E-state index contributed by atoms with van der Waals surface area (Å²) in [4.78, 5) is 0.171. The third kappa shape index (κ3) is 5.20. The van der Waals surface area contributed by atoms with Crippen molar-refractivity contribution in [1.82, 2.24) is 0 Å². The van der Waals surface area contributed by atoms with Gasteiger partial charge in [0.2, 0.25) is 0 Å². The molecule has 1 heterocycles. The summed E-state index contributed by atoms with van der Waals surface area (Å²) < 4.78 is 46.7. The molecule has 0 radical (unpaired) electrons. The molecule has 0 aliphatic heterocycles. The van der Waals surface area contributed by atoms with Crippen LogP contribution >= 0.6 is 0 Å². The summed E-state index contributed by atoms with van der Waals surface area (Å²) in [7, 11) is -0.805. The molecule has 0 saturated heterocycles. The molecule has 0 fully saturated rings. The summed E-state index contributed by atoms with van der Waals surface area (Å²) in [5, 5.41) is 0. The molecular weight excluding hydrogens is 462 g/mol. The predicted molar refractivity (Wildman–Crippen MR) is 137 cm³/mol. The van der Waals surface area contributed by atoms with Crippen molar-refractivity contribution in [2.75, 3.05) is 18.9 Å². The van der Waals surface area contributed by atoms with Gasteiger partial charge in [0.05, 0.1) is 30.7 Å². The molecule has 182 valence electrons. The van der Waals surface area contributed by atoms with Crippen LogP contribution in [0, 0.1) is 20.8 Å². The number of aryl methyl sites for hydroxylation is 3. The normalized spacial score (nSPS) is 12.3. The SMILES string of the molecule is COc1cc(NS(=O)(=O)c2ccc(C)cc2)c([C@H](c2cccc(C)c2)c2ccc(C)o2)cc1OC. The van der Waals surface area contributed by atoms with Gasteiger partial charge in [0, 0.05) is 6.07 Å². The molecule has 0 aliphatic rings. The van der Waals surface area contributed by atoms with Gasteiger partial charge in [-0.3, -0.25) is 4.72 Å². The molecule has 0 spiro atoms. The van der Waals surface area contributed by atoms with Gasteiger partial charge in [-0.05, 0) is 62.2 Å². The Bertz CT molecular complexity index is 1440. The highest BCUT2D eigenvalue weighted by Crippen LogP contribution is 2.43. The lowest BCUT2D eigenvalue weighted by Gasteiger charge is -2.23. The molecule has 0 unspecified atom stereocenters. The van der Waals surface area contributed by atoms with Crippen LogP contribution in [-0.2, 0) is 10.0 Å². The first kappa shape index (κ1) is 24.4. The molecule has 0 aliphatic carbocycles. The lowest BCUT2D eigenvalue weighted by atomic mass is 9.87. The van der Waals surface area contributed by atoms with Gasteiger partial charge in [0.1, 0.15) is 11.5 Å². The number of hydrogen-bond donors (Lipinski definition) is 1. The molecule has 4 rings (SSSR count). The molecule has 0 bridgehead atoms. The average Bonchev–Trinajstić information content (AvgIpc) is 3.25. The second-order valence-corrected chi connectivity index (χ2v) is 10.2. The number of nitrogens with one attached hydrogen (secondary N) is 1. The summed E-state index contributed by atoms with van der Waals surface area (Å²) in [6.45, 7) is 5.81. The van der Waals surface area contributed by atoms with Crippen molar-refractivity contribution in [1.29, 1.82) is 0 Å². The van der Waals surface area contributed by atoms with E-state index in [4.69, 9.17) is 13.9 Å². The van der Waals surface area contributed by atoms with Crippen molar-refractivity contribution >= 4 is 15.7 Å². The third-order valence-electron chi connectivity index (χ3n) is 5.86. The van der Waals surface area contributed by atoms with E-state index in [-0.39, 0.29) is 10.8 Å². The van der Waals surface area contributed by atoms with E-state index >= 15 is 0 Å². The zero-order chi connectivity index (χ0) is 25.2.